The molecular formula is C22H26N2O4. The Morgan fingerprint density at radius 1 is 0.929 bits per heavy atom. The van der Waals surface area contributed by atoms with Gasteiger partial charge in [0.05, 0.1) is 17.9 Å². The average Bonchev–Trinajstić information content (AvgIpc) is 2.69. The lowest BCUT2D eigenvalue weighted by Gasteiger charge is -2.14. The number of unbranched alkanes of at least 4 members (excludes halogenated alkanes) is 1. The van der Waals surface area contributed by atoms with Crippen LogP contribution < -0.4 is 10.6 Å². The molecule has 6 heteroatoms. The van der Waals surface area contributed by atoms with E-state index in [9.17, 15) is 14.4 Å². The van der Waals surface area contributed by atoms with E-state index < -0.39 is 17.8 Å². The van der Waals surface area contributed by atoms with E-state index >= 15 is 0 Å². The van der Waals surface area contributed by atoms with Crippen LogP contribution in [0.15, 0.2) is 42.5 Å². The van der Waals surface area contributed by atoms with E-state index in [4.69, 9.17) is 4.74 Å². The highest BCUT2D eigenvalue weighted by molar-refractivity contribution is 6.44. The normalized spacial score (nSPS) is 10.2. The fourth-order valence-electron chi connectivity index (χ4n) is 2.71. The lowest BCUT2D eigenvalue weighted by Crippen LogP contribution is -2.30. The van der Waals surface area contributed by atoms with E-state index in [2.05, 4.69) is 10.6 Å². The van der Waals surface area contributed by atoms with Gasteiger partial charge in [0, 0.05) is 5.69 Å². The van der Waals surface area contributed by atoms with Gasteiger partial charge >= 0.3 is 17.8 Å². The molecule has 0 aliphatic carbocycles. The van der Waals surface area contributed by atoms with Crippen molar-refractivity contribution in [1.29, 1.82) is 0 Å². The third-order valence-corrected chi connectivity index (χ3v) is 4.31. The molecule has 0 aliphatic heterocycles. The van der Waals surface area contributed by atoms with Crippen molar-refractivity contribution < 1.29 is 19.1 Å². The molecule has 0 atom stereocenters. The summed E-state index contributed by atoms with van der Waals surface area (Å²) >= 11 is 0. The number of hydrogen-bond donors (Lipinski definition) is 2. The largest absolute Gasteiger partial charge is 0.462 e. The molecule has 2 amide bonds. The highest BCUT2D eigenvalue weighted by atomic mass is 16.5. The molecule has 0 radical (unpaired) electrons. The first kappa shape index (κ1) is 21.2. The van der Waals surface area contributed by atoms with E-state index in [-0.39, 0.29) is 11.3 Å². The van der Waals surface area contributed by atoms with Crippen molar-refractivity contribution >= 4 is 29.2 Å². The number of ether oxygens (including phenoxy) is 1. The molecule has 2 rings (SSSR count). The maximum Gasteiger partial charge on any atom is 0.340 e. The summed E-state index contributed by atoms with van der Waals surface area (Å²) in [5.74, 6) is -2.17. The molecule has 0 fully saturated rings. The topological polar surface area (TPSA) is 84.5 Å². The minimum Gasteiger partial charge on any atom is -0.462 e. The number of aryl methyl sites for hydroxylation is 2. The quantitative estimate of drug-likeness (QED) is 0.429. The number of amides is 2. The van der Waals surface area contributed by atoms with Crippen LogP contribution in [0, 0.1) is 6.92 Å². The Hall–Kier alpha value is -3.15. The number of carbonyl (C=O) groups is 3. The van der Waals surface area contributed by atoms with E-state index in [1.165, 1.54) is 0 Å². The average molecular weight is 382 g/mol. The number of para-hydroxylation sites is 2. The summed E-state index contributed by atoms with van der Waals surface area (Å²) in [6.45, 7) is 6.16. The van der Waals surface area contributed by atoms with Crippen molar-refractivity contribution in [1.82, 2.24) is 0 Å². The number of hydrogen-bond acceptors (Lipinski definition) is 4. The molecule has 0 aliphatic rings. The number of rotatable bonds is 7. The second kappa shape index (κ2) is 10.3. The van der Waals surface area contributed by atoms with Gasteiger partial charge in [-0.1, -0.05) is 50.6 Å². The maximum absolute atomic E-state index is 12.4. The molecule has 0 spiro atoms. The first-order chi connectivity index (χ1) is 13.5. The van der Waals surface area contributed by atoms with Crippen molar-refractivity contribution in [3.05, 3.63) is 59.2 Å². The molecule has 0 saturated heterocycles. The first-order valence-electron chi connectivity index (χ1n) is 9.44. The number of anilines is 2. The monoisotopic (exact) mass is 382 g/mol. The zero-order valence-corrected chi connectivity index (χ0v) is 16.5. The zero-order chi connectivity index (χ0) is 20.5. The molecule has 0 saturated carbocycles. The standard InChI is InChI=1S/C22H26N2O4/c1-4-6-14-28-22(27)17-12-7-8-13-18(17)23-20(25)21(26)24-19-15(3)10-9-11-16(19)5-2/h7-13H,4-6,14H2,1-3H3,(H,23,25)(H,24,26). The Morgan fingerprint density at radius 2 is 1.64 bits per heavy atom. The van der Waals surface area contributed by atoms with Gasteiger partial charge < -0.3 is 15.4 Å². The second-order valence-electron chi connectivity index (χ2n) is 6.41. The van der Waals surface area contributed by atoms with Gasteiger partial charge in [-0.3, -0.25) is 9.59 Å². The summed E-state index contributed by atoms with van der Waals surface area (Å²) < 4.78 is 5.20. The minimum absolute atomic E-state index is 0.213. The molecule has 0 heterocycles. The lowest BCUT2D eigenvalue weighted by atomic mass is 10.1. The van der Waals surface area contributed by atoms with Crippen LogP contribution in [-0.4, -0.2) is 24.4 Å². The Labute approximate surface area is 165 Å². The lowest BCUT2D eigenvalue weighted by molar-refractivity contribution is -0.133. The predicted molar refractivity (Wildman–Crippen MR) is 109 cm³/mol. The summed E-state index contributed by atoms with van der Waals surface area (Å²) in [6.07, 6.45) is 2.40. The molecule has 0 bridgehead atoms. The van der Waals surface area contributed by atoms with Crippen molar-refractivity contribution in [3.63, 3.8) is 0 Å². The van der Waals surface area contributed by atoms with Gasteiger partial charge in [-0.25, -0.2) is 4.79 Å². The molecule has 0 aromatic heterocycles. The predicted octanol–water partition coefficient (Wildman–Crippen LogP) is 4.09. The van der Waals surface area contributed by atoms with Gasteiger partial charge in [0.15, 0.2) is 0 Å². The van der Waals surface area contributed by atoms with Gasteiger partial charge in [-0.05, 0) is 43.0 Å². The summed E-state index contributed by atoms with van der Waals surface area (Å²) in [5.41, 5.74) is 2.91. The van der Waals surface area contributed by atoms with Crippen LogP contribution >= 0.6 is 0 Å². The van der Waals surface area contributed by atoms with Gasteiger partial charge in [0.2, 0.25) is 0 Å². The molecule has 2 N–H and O–H groups in total. The zero-order valence-electron chi connectivity index (χ0n) is 16.5. The summed E-state index contributed by atoms with van der Waals surface area (Å²) in [4.78, 5) is 37.0. The van der Waals surface area contributed by atoms with Crippen LogP contribution in [-0.2, 0) is 20.7 Å². The van der Waals surface area contributed by atoms with E-state index in [0.29, 0.717) is 12.3 Å². The third kappa shape index (κ3) is 5.42. The van der Waals surface area contributed by atoms with Gasteiger partial charge in [-0.15, -0.1) is 0 Å². The van der Waals surface area contributed by atoms with Crippen LogP contribution in [0.2, 0.25) is 0 Å². The van der Waals surface area contributed by atoms with Crippen LogP contribution in [0.25, 0.3) is 0 Å². The number of esters is 1. The Kier molecular flexibility index (Phi) is 7.75. The number of benzene rings is 2. The van der Waals surface area contributed by atoms with E-state index in [1.54, 1.807) is 24.3 Å². The van der Waals surface area contributed by atoms with Crippen LogP contribution in [0.4, 0.5) is 11.4 Å². The Bertz CT molecular complexity index is 861. The van der Waals surface area contributed by atoms with Crippen LogP contribution in [0.5, 0.6) is 0 Å². The van der Waals surface area contributed by atoms with Crippen molar-refractivity contribution in [2.75, 3.05) is 17.2 Å². The fraction of sp³-hybridized carbons (Fsp3) is 0.318. The smallest absolute Gasteiger partial charge is 0.340 e. The molecular weight excluding hydrogens is 356 g/mol. The van der Waals surface area contributed by atoms with E-state index in [1.807, 2.05) is 39.0 Å². The minimum atomic E-state index is -0.848. The summed E-state index contributed by atoms with van der Waals surface area (Å²) in [5, 5.41) is 5.18. The maximum atomic E-state index is 12.4. The van der Waals surface area contributed by atoms with Crippen molar-refractivity contribution in [2.45, 2.75) is 40.0 Å². The third-order valence-electron chi connectivity index (χ3n) is 4.31. The first-order valence-corrected chi connectivity index (χ1v) is 9.44. The van der Waals surface area contributed by atoms with E-state index in [0.717, 1.165) is 30.4 Å². The van der Waals surface area contributed by atoms with Gasteiger partial charge in [0.25, 0.3) is 0 Å². The number of carbonyl (C=O) groups excluding carboxylic acids is 3. The van der Waals surface area contributed by atoms with Crippen LogP contribution in [0.1, 0.15) is 48.2 Å². The molecule has 2 aromatic carbocycles. The second-order valence-corrected chi connectivity index (χ2v) is 6.41. The Morgan fingerprint density at radius 3 is 2.36 bits per heavy atom. The highest BCUT2D eigenvalue weighted by Crippen LogP contribution is 2.21. The SMILES string of the molecule is CCCCOC(=O)c1ccccc1NC(=O)C(=O)Nc1c(C)cccc1CC. The summed E-state index contributed by atoms with van der Waals surface area (Å²) in [6, 6.07) is 12.1. The number of nitrogens with one attached hydrogen (secondary N) is 2. The Balaban J connectivity index is 2.11. The van der Waals surface area contributed by atoms with Crippen molar-refractivity contribution in [2.24, 2.45) is 0 Å². The van der Waals surface area contributed by atoms with Crippen molar-refractivity contribution in [3.8, 4) is 0 Å². The summed E-state index contributed by atoms with van der Waals surface area (Å²) in [7, 11) is 0. The molecule has 148 valence electrons. The fourth-order valence-corrected chi connectivity index (χ4v) is 2.71. The van der Waals surface area contributed by atoms with Gasteiger partial charge in [0.1, 0.15) is 0 Å². The molecule has 6 nitrogen and oxygen atoms in total. The molecule has 0 unspecified atom stereocenters. The molecule has 28 heavy (non-hydrogen) atoms. The highest BCUT2D eigenvalue weighted by Gasteiger charge is 2.20. The molecule has 2 aromatic rings. The van der Waals surface area contributed by atoms with Gasteiger partial charge in [-0.2, -0.15) is 0 Å². The van der Waals surface area contributed by atoms with Crippen LogP contribution in [0.3, 0.4) is 0 Å².